The van der Waals surface area contributed by atoms with E-state index in [-0.39, 0.29) is 17.4 Å². The Morgan fingerprint density at radius 1 is 0.857 bits per heavy atom. The fourth-order valence-corrected chi connectivity index (χ4v) is 5.71. The maximum Gasteiger partial charge on any atom is 0.410 e. The highest BCUT2D eigenvalue weighted by Gasteiger charge is 2.26. The smallest absolute Gasteiger partial charge is 0.410 e. The first-order valence-corrected chi connectivity index (χ1v) is 14.1. The summed E-state index contributed by atoms with van der Waals surface area (Å²) in [5, 5.41) is 0. The van der Waals surface area contributed by atoms with E-state index in [9.17, 15) is 14.0 Å². The van der Waals surface area contributed by atoms with Gasteiger partial charge in [-0.3, -0.25) is 4.79 Å². The van der Waals surface area contributed by atoms with Crippen molar-refractivity contribution in [2.45, 2.75) is 53.2 Å². The quantitative estimate of drug-likeness (QED) is 0.228. The highest BCUT2D eigenvalue weighted by Crippen LogP contribution is 2.39. The fourth-order valence-electron chi connectivity index (χ4n) is 5.71. The van der Waals surface area contributed by atoms with Crippen molar-refractivity contribution >= 4 is 12.4 Å². The van der Waals surface area contributed by atoms with Gasteiger partial charge in [-0.2, -0.15) is 0 Å². The molecule has 0 aromatic heterocycles. The van der Waals surface area contributed by atoms with Gasteiger partial charge in [0.1, 0.15) is 17.2 Å². The third-order valence-corrected chi connectivity index (χ3v) is 7.88. The molecule has 5 rings (SSSR count). The van der Waals surface area contributed by atoms with Crippen LogP contribution in [-0.4, -0.2) is 36.5 Å². The molecule has 0 bridgehead atoms. The Bertz CT molecular complexity index is 1690. The predicted molar refractivity (Wildman–Crippen MR) is 164 cm³/mol. The summed E-state index contributed by atoms with van der Waals surface area (Å²) in [6, 6.07) is 21.9. The van der Waals surface area contributed by atoms with E-state index in [1.165, 1.54) is 18.7 Å². The molecule has 0 aliphatic carbocycles. The molecule has 0 spiro atoms. The van der Waals surface area contributed by atoms with E-state index < -0.39 is 11.4 Å². The number of carbonyl (C=O) groups is 2. The van der Waals surface area contributed by atoms with Gasteiger partial charge in [0.05, 0.1) is 12.7 Å². The lowest BCUT2D eigenvalue weighted by atomic mass is 9.87. The number of carbonyl (C=O) groups excluding carboxylic acids is 2. The van der Waals surface area contributed by atoms with E-state index in [0.29, 0.717) is 24.9 Å². The van der Waals surface area contributed by atoms with Gasteiger partial charge in [-0.05, 0) is 109 Å². The molecule has 1 aliphatic rings. The summed E-state index contributed by atoms with van der Waals surface area (Å²) in [6.45, 7) is 11.0. The van der Waals surface area contributed by atoms with E-state index in [1.54, 1.807) is 11.0 Å². The lowest BCUT2D eigenvalue weighted by molar-refractivity contribution is 0.0224. The van der Waals surface area contributed by atoms with E-state index in [4.69, 9.17) is 9.47 Å². The standard InChI is InChI=1S/C36H36FNO4/c1-22-28(25-13-14-26-20-38(16-15-24(26)17-25)35(40)42-36(3,4)5)9-7-11-30(22)31-12-8-10-29(23(31)2)27-18-33(37)32(21-39)34(19-27)41-6/h7-14,17-19,21H,15-16,20H2,1-6H3. The molecule has 1 amide bonds. The van der Waals surface area contributed by atoms with Crippen LogP contribution in [0.5, 0.6) is 5.75 Å². The molecule has 0 atom stereocenters. The number of aldehydes is 1. The Morgan fingerprint density at radius 2 is 1.48 bits per heavy atom. The molecule has 0 saturated heterocycles. The average molecular weight is 566 g/mol. The summed E-state index contributed by atoms with van der Waals surface area (Å²) >= 11 is 0. The Kier molecular flexibility index (Phi) is 7.91. The van der Waals surface area contributed by atoms with Crippen molar-refractivity contribution in [2.24, 2.45) is 0 Å². The fraction of sp³-hybridized carbons (Fsp3) is 0.278. The molecule has 6 heteroatoms. The molecule has 1 heterocycles. The van der Waals surface area contributed by atoms with E-state index >= 15 is 0 Å². The largest absolute Gasteiger partial charge is 0.496 e. The monoisotopic (exact) mass is 565 g/mol. The second kappa shape index (κ2) is 11.4. The molecule has 0 unspecified atom stereocenters. The number of ether oxygens (including phenoxy) is 2. The number of halogens is 1. The van der Waals surface area contributed by atoms with Crippen molar-refractivity contribution in [3.63, 3.8) is 0 Å². The van der Waals surface area contributed by atoms with Crippen LogP contribution in [0, 0.1) is 19.7 Å². The Balaban J connectivity index is 1.48. The summed E-state index contributed by atoms with van der Waals surface area (Å²) in [5.74, 6) is -0.395. The van der Waals surface area contributed by atoms with Crippen LogP contribution < -0.4 is 4.74 Å². The Morgan fingerprint density at radius 3 is 2.07 bits per heavy atom. The molecular formula is C36H36FNO4. The minimum Gasteiger partial charge on any atom is -0.496 e. The lowest BCUT2D eigenvalue weighted by Gasteiger charge is -2.31. The Hall–Kier alpha value is -4.45. The molecule has 42 heavy (non-hydrogen) atoms. The highest BCUT2D eigenvalue weighted by molar-refractivity contribution is 5.86. The number of amides is 1. The average Bonchev–Trinajstić information content (AvgIpc) is 2.95. The molecule has 5 nitrogen and oxygen atoms in total. The molecular weight excluding hydrogens is 529 g/mol. The molecule has 4 aromatic carbocycles. The zero-order valence-electron chi connectivity index (χ0n) is 25.0. The highest BCUT2D eigenvalue weighted by atomic mass is 19.1. The first-order chi connectivity index (χ1) is 20.0. The molecule has 0 N–H and O–H groups in total. The van der Waals surface area contributed by atoms with Crippen LogP contribution >= 0.6 is 0 Å². The van der Waals surface area contributed by atoms with Gasteiger partial charge in [-0.1, -0.05) is 54.6 Å². The SMILES string of the molecule is COc1cc(-c2cccc(-c3cccc(-c4ccc5c(c4)CCN(C(=O)OC(C)(C)C)C5)c3C)c2C)cc(F)c1C=O. The van der Waals surface area contributed by atoms with Gasteiger partial charge in [0.15, 0.2) is 6.29 Å². The normalized spacial score (nSPS) is 13.0. The number of rotatable bonds is 5. The molecule has 1 aliphatic heterocycles. The minimum atomic E-state index is -0.607. The summed E-state index contributed by atoms with van der Waals surface area (Å²) in [4.78, 5) is 25.8. The van der Waals surface area contributed by atoms with Crippen LogP contribution in [0.25, 0.3) is 33.4 Å². The third kappa shape index (κ3) is 5.67. The van der Waals surface area contributed by atoms with Crippen LogP contribution in [0.15, 0.2) is 66.7 Å². The summed E-state index contributed by atoms with van der Waals surface area (Å²) < 4.78 is 25.6. The third-order valence-electron chi connectivity index (χ3n) is 7.88. The number of hydrogen-bond donors (Lipinski definition) is 0. The predicted octanol–water partition coefficient (Wildman–Crippen LogP) is 8.56. The van der Waals surface area contributed by atoms with Gasteiger partial charge >= 0.3 is 6.09 Å². The van der Waals surface area contributed by atoms with Crippen LogP contribution in [0.3, 0.4) is 0 Å². The number of nitrogens with zero attached hydrogens (tertiary/aromatic N) is 1. The minimum absolute atomic E-state index is 0.0822. The first-order valence-electron chi connectivity index (χ1n) is 14.1. The lowest BCUT2D eigenvalue weighted by Crippen LogP contribution is -2.39. The second-order valence-corrected chi connectivity index (χ2v) is 11.8. The van der Waals surface area contributed by atoms with Crippen LogP contribution in [-0.2, 0) is 17.7 Å². The van der Waals surface area contributed by atoms with E-state index in [2.05, 4.69) is 49.4 Å². The number of benzene rings is 4. The van der Waals surface area contributed by atoms with E-state index in [0.717, 1.165) is 50.9 Å². The molecule has 0 saturated carbocycles. The van der Waals surface area contributed by atoms with Crippen molar-refractivity contribution < 1.29 is 23.5 Å². The number of methoxy groups -OCH3 is 1. The van der Waals surface area contributed by atoms with Gasteiger partial charge in [0.2, 0.25) is 0 Å². The van der Waals surface area contributed by atoms with Crippen molar-refractivity contribution in [2.75, 3.05) is 13.7 Å². The van der Waals surface area contributed by atoms with Crippen molar-refractivity contribution in [1.29, 1.82) is 0 Å². The number of fused-ring (bicyclic) bond motifs is 1. The van der Waals surface area contributed by atoms with Crippen LogP contribution in [0.2, 0.25) is 0 Å². The van der Waals surface area contributed by atoms with Gasteiger partial charge in [-0.15, -0.1) is 0 Å². The summed E-state index contributed by atoms with van der Waals surface area (Å²) in [5.41, 5.74) is 9.85. The van der Waals surface area contributed by atoms with Crippen molar-refractivity contribution in [3.8, 4) is 39.1 Å². The van der Waals surface area contributed by atoms with Gasteiger partial charge in [0.25, 0.3) is 0 Å². The molecule has 4 aromatic rings. The first kappa shape index (κ1) is 29.1. The van der Waals surface area contributed by atoms with Crippen LogP contribution in [0.1, 0.15) is 53.4 Å². The molecule has 216 valence electrons. The Labute approximate surface area is 246 Å². The van der Waals surface area contributed by atoms with E-state index in [1.807, 2.05) is 39.8 Å². The molecule has 0 fully saturated rings. The maximum absolute atomic E-state index is 14.8. The zero-order valence-corrected chi connectivity index (χ0v) is 25.0. The maximum atomic E-state index is 14.8. The number of hydrogen-bond acceptors (Lipinski definition) is 4. The van der Waals surface area contributed by atoms with Gasteiger partial charge in [-0.25, -0.2) is 9.18 Å². The van der Waals surface area contributed by atoms with Crippen molar-refractivity contribution in [3.05, 3.63) is 100 Å². The second-order valence-electron chi connectivity index (χ2n) is 11.8. The molecule has 0 radical (unpaired) electrons. The van der Waals surface area contributed by atoms with Gasteiger partial charge in [0, 0.05) is 13.1 Å². The van der Waals surface area contributed by atoms with Crippen LogP contribution in [0.4, 0.5) is 9.18 Å². The van der Waals surface area contributed by atoms with Crippen molar-refractivity contribution in [1.82, 2.24) is 4.90 Å². The zero-order chi connectivity index (χ0) is 30.2. The van der Waals surface area contributed by atoms with Gasteiger partial charge < -0.3 is 14.4 Å². The topological polar surface area (TPSA) is 55.8 Å². The summed E-state index contributed by atoms with van der Waals surface area (Å²) in [6.07, 6.45) is 0.971. The summed E-state index contributed by atoms with van der Waals surface area (Å²) in [7, 11) is 1.43.